The molecule has 3 amide bonds. The third kappa shape index (κ3) is 2.93. The molecule has 2 aliphatic rings. The second-order valence-electron chi connectivity index (χ2n) is 5.39. The zero-order chi connectivity index (χ0) is 15.5. The van der Waals surface area contributed by atoms with E-state index in [1.165, 1.54) is 4.90 Å². The molecule has 3 N–H and O–H groups in total. The number of primary amides is 1. The number of likely N-dealkylation sites (tertiary alicyclic amines) is 1. The molecule has 1 aromatic carbocycles. The van der Waals surface area contributed by atoms with Crippen molar-refractivity contribution in [3.63, 3.8) is 0 Å². The number of benzene rings is 1. The van der Waals surface area contributed by atoms with Crippen LogP contribution in [0.25, 0.3) is 0 Å². The van der Waals surface area contributed by atoms with E-state index in [1.54, 1.807) is 0 Å². The Bertz CT molecular complexity index is 590. The van der Waals surface area contributed by atoms with Crippen molar-refractivity contribution in [3.05, 3.63) is 23.8 Å². The number of urea groups is 1. The molecule has 0 aliphatic carbocycles. The summed E-state index contributed by atoms with van der Waals surface area (Å²) in [7, 11) is 0. The first-order chi connectivity index (χ1) is 10.6. The van der Waals surface area contributed by atoms with E-state index in [1.807, 2.05) is 18.2 Å². The van der Waals surface area contributed by atoms with Crippen LogP contribution in [0.2, 0.25) is 0 Å². The number of hydrogen-bond acceptors (Lipinski definition) is 4. The number of rotatable bonds is 3. The number of amides is 3. The van der Waals surface area contributed by atoms with Gasteiger partial charge in [-0.1, -0.05) is 6.07 Å². The van der Waals surface area contributed by atoms with Crippen molar-refractivity contribution in [2.75, 3.05) is 19.8 Å². The van der Waals surface area contributed by atoms with Crippen LogP contribution in [0.1, 0.15) is 18.4 Å². The molecule has 0 radical (unpaired) electrons. The van der Waals surface area contributed by atoms with Gasteiger partial charge in [0.05, 0.1) is 0 Å². The molecule has 1 fully saturated rings. The van der Waals surface area contributed by atoms with E-state index < -0.39 is 12.1 Å². The summed E-state index contributed by atoms with van der Waals surface area (Å²) in [5.74, 6) is 1.24. The standard InChI is InChI=1S/C15H19N3O4/c16-15(20)18-5-1-2-11(18)14(19)17-9-10-3-4-12-13(8-10)22-7-6-21-12/h3-4,8,11H,1-2,5-7,9H2,(H2,16,20)(H,17,19). The molecule has 0 saturated carbocycles. The number of carbonyl (C=O) groups excluding carboxylic acids is 2. The first-order valence-electron chi connectivity index (χ1n) is 7.37. The molecule has 22 heavy (non-hydrogen) atoms. The minimum atomic E-state index is -0.544. The Morgan fingerprint density at radius 2 is 2.05 bits per heavy atom. The fourth-order valence-corrected chi connectivity index (χ4v) is 2.81. The molecule has 0 spiro atoms. The number of ether oxygens (including phenoxy) is 2. The molecule has 1 unspecified atom stereocenters. The number of carbonyl (C=O) groups is 2. The second kappa shape index (κ2) is 6.13. The highest BCUT2D eigenvalue weighted by atomic mass is 16.6. The molecule has 1 aromatic rings. The first-order valence-corrected chi connectivity index (χ1v) is 7.37. The predicted molar refractivity (Wildman–Crippen MR) is 78.6 cm³/mol. The number of hydrogen-bond donors (Lipinski definition) is 2. The van der Waals surface area contributed by atoms with Gasteiger partial charge in [0.15, 0.2) is 11.5 Å². The number of nitrogens with zero attached hydrogens (tertiary/aromatic N) is 1. The third-order valence-electron chi connectivity index (χ3n) is 3.91. The average molecular weight is 305 g/mol. The molecular formula is C15H19N3O4. The Balaban J connectivity index is 1.60. The molecule has 2 aliphatic heterocycles. The van der Waals surface area contributed by atoms with Gasteiger partial charge in [-0.3, -0.25) is 4.79 Å². The molecular weight excluding hydrogens is 286 g/mol. The summed E-state index contributed by atoms with van der Waals surface area (Å²) >= 11 is 0. The van der Waals surface area contributed by atoms with E-state index in [2.05, 4.69) is 5.32 Å². The largest absolute Gasteiger partial charge is 0.486 e. The van der Waals surface area contributed by atoms with Crippen molar-refractivity contribution < 1.29 is 19.1 Å². The van der Waals surface area contributed by atoms with Crippen LogP contribution in [0, 0.1) is 0 Å². The summed E-state index contributed by atoms with van der Waals surface area (Å²) in [6.45, 7) is 1.99. The van der Waals surface area contributed by atoms with Gasteiger partial charge in [0.25, 0.3) is 0 Å². The van der Waals surface area contributed by atoms with Crippen molar-refractivity contribution >= 4 is 11.9 Å². The lowest BCUT2D eigenvalue weighted by molar-refractivity contribution is -0.124. The molecule has 7 nitrogen and oxygen atoms in total. The van der Waals surface area contributed by atoms with Gasteiger partial charge < -0.3 is 25.4 Å². The Hall–Kier alpha value is -2.44. The maximum Gasteiger partial charge on any atom is 0.315 e. The van der Waals surface area contributed by atoms with Crippen LogP contribution < -0.4 is 20.5 Å². The van der Waals surface area contributed by atoms with Crippen LogP contribution >= 0.6 is 0 Å². The van der Waals surface area contributed by atoms with Gasteiger partial charge in [-0.25, -0.2) is 4.79 Å². The van der Waals surface area contributed by atoms with E-state index in [9.17, 15) is 9.59 Å². The fourth-order valence-electron chi connectivity index (χ4n) is 2.81. The maximum atomic E-state index is 12.2. The fraction of sp³-hybridized carbons (Fsp3) is 0.467. The van der Waals surface area contributed by atoms with Crippen molar-refractivity contribution in [1.82, 2.24) is 10.2 Å². The average Bonchev–Trinajstić information content (AvgIpc) is 3.02. The van der Waals surface area contributed by atoms with Gasteiger partial charge in [0, 0.05) is 13.1 Å². The first kappa shape index (κ1) is 14.5. The lowest BCUT2D eigenvalue weighted by Crippen LogP contribution is -2.47. The zero-order valence-electron chi connectivity index (χ0n) is 12.2. The minimum absolute atomic E-state index is 0.175. The van der Waals surface area contributed by atoms with Crippen molar-refractivity contribution in [1.29, 1.82) is 0 Å². The lowest BCUT2D eigenvalue weighted by atomic mass is 10.1. The molecule has 118 valence electrons. The predicted octanol–water partition coefficient (Wildman–Crippen LogP) is 0.617. The van der Waals surface area contributed by atoms with E-state index in [4.69, 9.17) is 15.2 Å². The molecule has 1 saturated heterocycles. The summed E-state index contributed by atoms with van der Waals surface area (Å²) in [4.78, 5) is 24.9. The molecule has 3 rings (SSSR count). The molecule has 7 heteroatoms. The van der Waals surface area contributed by atoms with Gasteiger partial charge in [-0.2, -0.15) is 0 Å². The summed E-state index contributed by atoms with van der Waals surface area (Å²) in [6, 6.07) is 4.57. The van der Waals surface area contributed by atoms with Crippen molar-refractivity contribution in [2.45, 2.75) is 25.4 Å². The zero-order valence-corrected chi connectivity index (χ0v) is 12.2. The number of fused-ring (bicyclic) bond motifs is 1. The summed E-state index contributed by atoms with van der Waals surface area (Å²) in [6.07, 6.45) is 1.45. The number of nitrogens with two attached hydrogens (primary N) is 1. The van der Waals surface area contributed by atoms with Crippen LogP contribution in [0.4, 0.5) is 4.79 Å². The monoisotopic (exact) mass is 305 g/mol. The smallest absolute Gasteiger partial charge is 0.315 e. The van der Waals surface area contributed by atoms with Gasteiger partial charge in [-0.15, -0.1) is 0 Å². The van der Waals surface area contributed by atoms with Crippen molar-refractivity contribution in [3.8, 4) is 11.5 Å². The Morgan fingerprint density at radius 3 is 2.82 bits per heavy atom. The lowest BCUT2D eigenvalue weighted by Gasteiger charge is -2.22. The minimum Gasteiger partial charge on any atom is -0.486 e. The SMILES string of the molecule is NC(=O)N1CCCC1C(=O)NCc1ccc2c(c1)OCCO2. The third-order valence-corrected chi connectivity index (χ3v) is 3.91. The normalized spacial score (nSPS) is 19.8. The highest BCUT2D eigenvalue weighted by Gasteiger charge is 2.32. The molecule has 1 atom stereocenters. The van der Waals surface area contributed by atoms with Gasteiger partial charge in [0.2, 0.25) is 5.91 Å². The maximum absolute atomic E-state index is 12.2. The second-order valence-corrected chi connectivity index (χ2v) is 5.39. The Labute approximate surface area is 128 Å². The summed E-state index contributed by atoms with van der Waals surface area (Å²) in [5, 5.41) is 2.85. The van der Waals surface area contributed by atoms with E-state index in [0.29, 0.717) is 38.5 Å². The van der Waals surface area contributed by atoms with Gasteiger partial charge in [0.1, 0.15) is 19.3 Å². The Morgan fingerprint density at radius 1 is 1.27 bits per heavy atom. The summed E-state index contributed by atoms with van der Waals surface area (Å²) < 4.78 is 11.0. The summed E-state index contributed by atoms with van der Waals surface area (Å²) in [5.41, 5.74) is 6.20. The highest BCUT2D eigenvalue weighted by Crippen LogP contribution is 2.30. The molecule has 0 bridgehead atoms. The number of nitrogens with one attached hydrogen (secondary N) is 1. The quantitative estimate of drug-likeness (QED) is 0.856. The van der Waals surface area contributed by atoms with Crippen LogP contribution in [-0.4, -0.2) is 42.6 Å². The van der Waals surface area contributed by atoms with Gasteiger partial charge in [-0.05, 0) is 30.5 Å². The molecule has 2 heterocycles. The van der Waals surface area contributed by atoms with Crippen LogP contribution in [0.3, 0.4) is 0 Å². The Kier molecular flexibility index (Phi) is 4.04. The van der Waals surface area contributed by atoms with Crippen LogP contribution in [-0.2, 0) is 11.3 Å². The van der Waals surface area contributed by atoms with E-state index >= 15 is 0 Å². The van der Waals surface area contributed by atoms with E-state index in [0.717, 1.165) is 17.7 Å². The molecule has 0 aromatic heterocycles. The van der Waals surface area contributed by atoms with Crippen LogP contribution in [0.15, 0.2) is 18.2 Å². The van der Waals surface area contributed by atoms with Gasteiger partial charge >= 0.3 is 6.03 Å². The van der Waals surface area contributed by atoms with E-state index in [-0.39, 0.29) is 5.91 Å². The highest BCUT2D eigenvalue weighted by molar-refractivity contribution is 5.87. The topological polar surface area (TPSA) is 93.9 Å². The van der Waals surface area contributed by atoms with Crippen LogP contribution in [0.5, 0.6) is 11.5 Å². The van der Waals surface area contributed by atoms with Crippen molar-refractivity contribution in [2.24, 2.45) is 5.73 Å².